The zero-order valence-corrected chi connectivity index (χ0v) is 15.3. The van der Waals surface area contributed by atoms with Gasteiger partial charge < -0.3 is 29.4 Å². The first-order chi connectivity index (χ1) is 13.7. The van der Waals surface area contributed by atoms with Crippen LogP contribution in [0.25, 0.3) is 11.3 Å². The maximum Gasteiger partial charge on any atom is 0.234 e. The number of hydrogen-bond donors (Lipinski definition) is 1. The fraction of sp³-hybridized carbons (Fsp3) is 0.200. The average Bonchev–Trinajstić information content (AvgIpc) is 3.19. The number of benzene rings is 2. The highest BCUT2D eigenvalue weighted by Crippen LogP contribution is 2.33. The van der Waals surface area contributed by atoms with Crippen LogP contribution in [0.15, 0.2) is 48.7 Å². The molecule has 0 atom stereocenters. The van der Waals surface area contributed by atoms with Crippen LogP contribution in [-0.2, 0) is 11.3 Å². The second-order valence-corrected chi connectivity index (χ2v) is 5.99. The van der Waals surface area contributed by atoms with Crippen LogP contribution in [0.1, 0.15) is 5.56 Å². The van der Waals surface area contributed by atoms with E-state index in [2.05, 4.69) is 9.97 Å². The van der Waals surface area contributed by atoms with Crippen molar-refractivity contribution >= 4 is 5.82 Å². The third kappa shape index (κ3) is 3.91. The molecular formula is C20H19N3O5. The van der Waals surface area contributed by atoms with E-state index in [1.54, 1.807) is 13.3 Å². The van der Waals surface area contributed by atoms with Crippen molar-refractivity contribution in [1.29, 1.82) is 0 Å². The minimum atomic E-state index is 0.191. The van der Waals surface area contributed by atoms with Gasteiger partial charge in [0.15, 0.2) is 24.1 Å². The average molecular weight is 381 g/mol. The van der Waals surface area contributed by atoms with Crippen LogP contribution in [0.4, 0.5) is 5.82 Å². The molecule has 0 fully saturated rings. The molecule has 4 rings (SSSR count). The molecule has 1 aliphatic heterocycles. The Hall–Kier alpha value is -3.52. The fourth-order valence-corrected chi connectivity index (χ4v) is 2.70. The summed E-state index contributed by atoms with van der Waals surface area (Å²) in [7, 11) is 1.57. The molecule has 28 heavy (non-hydrogen) atoms. The van der Waals surface area contributed by atoms with Gasteiger partial charge in [-0.25, -0.2) is 4.98 Å². The summed E-state index contributed by atoms with van der Waals surface area (Å²) in [6.07, 6.45) is 1.55. The highest BCUT2D eigenvalue weighted by molar-refractivity contribution is 5.70. The third-order valence-corrected chi connectivity index (χ3v) is 4.07. The Balaban J connectivity index is 1.42. The quantitative estimate of drug-likeness (QED) is 0.624. The molecule has 2 heterocycles. The van der Waals surface area contributed by atoms with E-state index in [4.69, 9.17) is 29.4 Å². The molecule has 2 N–H and O–H groups in total. The first-order valence-electron chi connectivity index (χ1n) is 8.59. The number of nitrogen functional groups attached to an aromatic ring is 1. The Morgan fingerprint density at radius 1 is 1.04 bits per heavy atom. The van der Waals surface area contributed by atoms with Crippen LogP contribution in [0, 0.1) is 0 Å². The van der Waals surface area contributed by atoms with Crippen molar-refractivity contribution < 1.29 is 23.7 Å². The Morgan fingerprint density at radius 2 is 1.86 bits per heavy atom. The largest absolute Gasteiger partial charge is 0.472 e. The molecule has 0 aliphatic carbocycles. The molecule has 0 saturated carbocycles. The predicted octanol–water partition coefficient (Wildman–Crippen LogP) is 3.02. The van der Waals surface area contributed by atoms with Crippen molar-refractivity contribution in [1.82, 2.24) is 9.97 Å². The minimum absolute atomic E-state index is 0.191. The number of rotatable bonds is 7. The molecule has 0 amide bonds. The molecule has 3 aromatic rings. The highest BCUT2D eigenvalue weighted by Gasteiger charge is 2.14. The predicted molar refractivity (Wildman–Crippen MR) is 101 cm³/mol. The third-order valence-electron chi connectivity index (χ3n) is 4.07. The fourth-order valence-electron chi connectivity index (χ4n) is 2.70. The van der Waals surface area contributed by atoms with Gasteiger partial charge in [0.25, 0.3) is 0 Å². The molecule has 1 aromatic heterocycles. The van der Waals surface area contributed by atoms with Crippen LogP contribution in [0.5, 0.6) is 23.1 Å². The van der Waals surface area contributed by atoms with E-state index in [0.29, 0.717) is 29.7 Å². The Bertz CT molecular complexity index is 963. The van der Waals surface area contributed by atoms with Crippen molar-refractivity contribution in [3.8, 4) is 34.4 Å². The Morgan fingerprint density at radius 3 is 2.64 bits per heavy atom. The molecule has 8 nitrogen and oxygen atoms in total. The van der Waals surface area contributed by atoms with Gasteiger partial charge in [0, 0.05) is 12.7 Å². The number of anilines is 1. The number of hydrogen-bond acceptors (Lipinski definition) is 8. The molecule has 0 saturated heterocycles. The van der Waals surface area contributed by atoms with E-state index in [0.717, 1.165) is 16.9 Å². The number of methoxy groups -OCH3 is 1. The molecule has 0 spiro atoms. The molecule has 2 aromatic carbocycles. The smallest absolute Gasteiger partial charge is 0.234 e. The summed E-state index contributed by atoms with van der Waals surface area (Å²) < 4.78 is 26.6. The molecule has 8 heteroatoms. The second-order valence-electron chi connectivity index (χ2n) is 5.99. The van der Waals surface area contributed by atoms with E-state index in [1.165, 1.54) is 0 Å². The molecule has 0 unspecified atom stereocenters. The van der Waals surface area contributed by atoms with Crippen LogP contribution < -0.4 is 24.7 Å². The molecule has 1 aliphatic rings. The molecular weight excluding hydrogens is 362 g/mol. The van der Waals surface area contributed by atoms with Gasteiger partial charge in [0.05, 0.1) is 6.20 Å². The molecule has 0 radical (unpaired) electrons. The minimum Gasteiger partial charge on any atom is -0.472 e. The second kappa shape index (κ2) is 8.01. The van der Waals surface area contributed by atoms with Crippen LogP contribution in [-0.4, -0.2) is 30.7 Å². The summed E-state index contributed by atoms with van der Waals surface area (Å²) in [4.78, 5) is 8.68. The number of nitrogens with two attached hydrogens (primary N) is 1. The summed E-state index contributed by atoms with van der Waals surface area (Å²) in [6, 6.07) is 13.0. The molecule has 0 bridgehead atoms. The topological polar surface area (TPSA) is 98.0 Å². The first-order valence-corrected chi connectivity index (χ1v) is 8.59. The lowest BCUT2D eigenvalue weighted by atomic mass is 10.1. The lowest BCUT2D eigenvalue weighted by molar-refractivity contribution is 0.0511. The first kappa shape index (κ1) is 17.9. The highest BCUT2D eigenvalue weighted by atomic mass is 16.7. The van der Waals surface area contributed by atoms with Crippen molar-refractivity contribution in [2.24, 2.45) is 0 Å². The van der Waals surface area contributed by atoms with Gasteiger partial charge in [-0.05, 0) is 42.0 Å². The SMILES string of the molecule is COCOc1ccc(-c2ncc(OCc3ccc4c(c3)OCO4)nc2N)cc1. The van der Waals surface area contributed by atoms with Crippen molar-refractivity contribution in [2.45, 2.75) is 6.61 Å². The van der Waals surface area contributed by atoms with Gasteiger partial charge in [-0.15, -0.1) is 0 Å². The maximum absolute atomic E-state index is 6.07. The lowest BCUT2D eigenvalue weighted by Gasteiger charge is -2.10. The van der Waals surface area contributed by atoms with Crippen molar-refractivity contribution in [3.05, 3.63) is 54.2 Å². The lowest BCUT2D eigenvalue weighted by Crippen LogP contribution is -2.03. The van der Waals surface area contributed by atoms with Gasteiger partial charge in [-0.3, -0.25) is 0 Å². The summed E-state index contributed by atoms with van der Waals surface area (Å²) in [6.45, 7) is 0.745. The van der Waals surface area contributed by atoms with Gasteiger partial charge in [-0.2, -0.15) is 4.98 Å². The maximum atomic E-state index is 6.07. The summed E-state index contributed by atoms with van der Waals surface area (Å²) in [5.74, 6) is 2.77. The zero-order chi connectivity index (χ0) is 19.3. The number of aromatic nitrogens is 2. The number of fused-ring (bicyclic) bond motifs is 1. The van der Waals surface area contributed by atoms with E-state index in [9.17, 15) is 0 Å². The van der Waals surface area contributed by atoms with Crippen molar-refractivity contribution in [3.63, 3.8) is 0 Å². The van der Waals surface area contributed by atoms with Crippen LogP contribution in [0.3, 0.4) is 0 Å². The van der Waals surface area contributed by atoms with Gasteiger partial charge in [0.1, 0.15) is 18.1 Å². The number of nitrogens with zero attached hydrogens (tertiary/aromatic N) is 2. The van der Waals surface area contributed by atoms with E-state index >= 15 is 0 Å². The summed E-state index contributed by atoms with van der Waals surface area (Å²) >= 11 is 0. The number of ether oxygens (including phenoxy) is 5. The zero-order valence-electron chi connectivity index (χ0n) is 15.3. The van der Waals surface area contributed by atoms with Gasteiger partial charge in [-0.1, -0.05) is 6.07 Å². The monoisotopic (exact) mass is 381 g/mol. The van der Waals surface area contributed by atoms with E-state index in [-0.39, 0.29) is 19.4 Å². The summed E-state index contributed by atoms with van der Waals surface area (Å²) in [5, 5.41) is 0. The summed E-state index contributed by atoms with van der Waals surface area (Å²) in [5.41, 5.74) is 8.41. The van der Waals surface area contributed by atoms with Gasteiger partial charge in [0.2, 0.25) is 12.7 Å². The molecule has 144 valence electrons. The van der Waals surface area contributed by atoms with Crippen LogP contribution in [0.2, 0.25) is 0 Å². The van der Waals surface area contributed by atoms with Crippen LogP contribution >= 0.6 is 0 Å². The van der Waals surface area contributed by atoms with E-state index in [1.807, 2.05) is 42.5 Å². The Labute approximate surface area is 161 Å². The van der Waals surface area contributed by atoms with Crippen molar-refractivity contribution in [2.75, 3.05) is 26.4 Å². The standard InChI is InChI=1S/C20H19N3O5/c1-24-11-26-15-5-3-14(4-6-15)19-20(21)23-18(9-22-19)25-10-13-2-7-16-17(8-13)28-12-27-16/h2-9H,10-12H2,1H3,(H2,21,23). The van der Waals surface area contributed by atoms with Gasteiger partial charge >= 0.3 is 0 Å². The normalized spacial score (nSPS) is 12.0. The Kier molecular flexibility index (Phi) is 5.11. The van der Waals surface area contributed by atoms with E-state index < -0.39 is 0 Å².